The number of nitro groups is 2. The second-order valence-electron chi connectivity index (χ2n) is 4.68. The molecule has 0 fully saturated rings. The van der Waals surface area contributed by atoms with Crippen LogP contribution in [0.5, 0.6) is 0 Å². The smallest absolute Gasteiger partial charge is 0.359 e. The van der Waals surface area contributed by atoms with E-state index in [-0.39, 0.29) is 3.57 Å². The summed E-state index contributed by atoms with van der Waals surface area (Å²) < 4.78 is 4.70. The average Bonchev–Trinajstić information content (AvgIpc) is 2.58. The van der Waals surface area contributed by atoms with Crippen LogP contribution in [0.2, 0.25) is 10.0 Å². The topological polar surface area (TPSA) is 113 Å². The van der Waals surface area contributed by atoms with E-state index < -0.39 is 27.2 Å². The Morgan fingerprint density at radius 3 is 2.15 bits per heavy atom. The Bertz CT molecular complexity index is 884. The number of halogens is 3. The fourth-order valence-electron chi connectivity index (χ4n) is 1.74. The highest BCUT2D eigenvalue weighted by Crippen LogP contribution is 2.30. The lowest BCUT2D eigenvalue weighted by molar-refractivity contribution is -0.423. The molecule has 27 heavy (non-hydrogen) atoms. The Balaban J connectivity index is 0.000000271. The molecular weight excluding hydrogens is 514 g/mol. The number of carbonyl (C=O) groups excluding carboxylic acids is 1. The van der Waals surface area contributed by atoms with Crippen molar-refractivity contribution in [3.05, 3.63) is 81.9 Å². The number of rotatable bonds is 4. The minimum Gasteiger partial charge on any atom is -0.466 e. The van der Waals surface area contributed by atoms with Crippen molar-refractivity contribution in [3.8, 4) is 0 Å². The van der Waals surface area contributed by atoms with E-state index in [1.54, 1.807) is 46.9 Å². The van der Waals surface area contributed by atoms with E-state index in [0.717, 1.165) is 11.6 Å². The van der Waals surface area contributed by atoms with Gasteiger partial charge in [0, 0.05) is 22.2 Å². The first-order chi connectivity index (χ1) is 12.6. The fourth-order valence-corrected chi connectivity index (χ4v) is 2.96. The number of nitrogens with zero attached hydrogens (tertiary/aromatic N) is 2. The first-order valence-corrected chi connectivity index (χ1v) is 8.78. The van der Waals surface area contributed by atoms with Crippen LogP contribution in [0.3, 0.4) is 0 Å². The first kappa shape index (κ1) is 22.8. The molecule has 2 aromatic carbocycles. The predicted molar refractivity (Wildman–Crippen MR) is 110 cm³/mol. The van der Waals surface area contributed by atoms with Crippen LogP contribution in [0.25, 0.3) is 6.08 Å². The Labute approximate surface area is 177 Å². The van der Waals surface area contributed by atoms with Crippen molar-refractivity contribution in [1.29, 1.82) is 0 Å². The third-order valence-electron chi connectivity index (χ3n) is 2.84. The molecule has 0 radical (unpaired) electrons. The zero-order valence-electron chi connectivity index (χ0n) is 13.6. The molecule has 0 aromatic heterocycles. The van der Waals surface area contributed by atoms with E-state index in [1.165, 1.54) is 25.3 Å². The van der Waals surface area contributed by atoms with Crippen LogP contribution in [0.15, 0.2) is 42.5 Å². The van der Waals surface area contributed by atoms with Gasteiger partial charge in [-0.25, -0.2) is 4.79 Å². The summed E-state index contributed by atoms with van der Waals surface area (Å²) in [6.07, 6.45) is 2.89. The third kappa shape index (κ3) is 7.49. The quantitative estimate of drug-likeness (QED) is 0.176. The second kappa shape index (κ2) is 10.8. The molecule has 2 rings (SSSR count). The monoisotopic (exact) mass is 524 g/mol. The molecular formula is C16H11Cl2IN2O6. The summed E-state index contributed by atoms with van der Waals surface area (Å²) >= 11 is 13.2. The lowest BCUT2D eigenvalue weighted by atomic mass is 10.2. The molecule has 0 heterocycles. The molecule has 8 nitrogen and oxygen atoms in total. The maximum atomic E-state index is 10.8. The maximum absolute atomic E-state index is 10.8. The molecule has 11 heteroatoms. The van der Waals surface area contributed by atoms with Gasteiger partial charge in [-0.15, -0.1) is 0 Å². The van der Waals surface area contributed by atoms with Crippen LogP contribution in [-0.4, -0.2) is 22.9 Å². The zero-order valence-corrected chi connectivity index (χ0v) is 17.3. The van der Waals surface area contributed by atoms with Crippen LogP contribution in [0.1, 0.15) is 5.56 Å². The van der Waals surface area contributed by atoms with Crippen molar-refractivity contribution in [2.75, 3.05) is 7.11 Å². The normalized spacial score (nSPS) is 10.1. The van der Waals surface area contributed by atoms with Gasteiger partial charge in [0.05, 0.1) is 20.5 Å². The number of hydrogen-bond donors (Lipinski definition) is 0. The highest BCUT2D eigenvalue weighted by atomic mass is 127. The molecule has 142 valence electrons. The number of para-hydroxylation sites is 1. The third-order valence-corrected chi connectivity index (χ3v) is 4.15. The van der Waals surface area contributed by atoms with E-state index in [1.807, 2.05) is 0 Å². The van der Waals surface area contributed by atoms with Gasteiger partial charge in [0.1, 0.15) is 0 Å². The molecule has 0 bridgehead atoms. The van der Waals surface area contributed by atoms with Crippen LogP contribution in [0, 0.1) is 23.8 Å². The van der Waals surface area contributed by atoms with Crippen molar-refractivity contribution in [2.45, 2.75) is 0 Å². The van der Waals surface area contributed by atoms with Crippen LogP contribution in [-0.2, 0) is 9.53 Å². The van der Waals surface area contributed by atoms with Crippen LogP contribution < -0.4 is 0 Å². The molecule has 0 aliphatic carbocycles. The van der Waals surface area contributed by atoms with Gasteiger partial charge in [-0.1, -0.05) is 29.3 Å². The summed E-state index contributed by atoms with van der Waals surface area (Å²) in [6, 6.07) is 9.00. The molecule has 0 saturated heterocycles. The summed E-state index contributed by atoms with van der Waals surface area (Å²) in [7, 11) is 1.32. The number of nitro benzene ring substituents is 2. The predicted octanol–water partition coefficient (Wildman–Crippen LogP) is 5.29. The molecule has 0 aliphatic rings. The SMILES string of the molecule is COC(=O)/C=C/c1cc(Cl)cc(Cl)c1.O=[N+]([O-])c1cccc(I)c1[N+](=O)[O-]. The van der Waals surface area contributed by atoms with E-state index >= 15 is 0 Å². The van der Waals surface area contributed by atoms with Crippen molar-refractivity contribution in [3.63, 3.8) is 0 Å². The molecule has 0 aliphatic heterocycles. The number of hydrogen-bond acceptors (Lipinski definition) is 6. The minimum absolute atomic E-state index is 0.261. The largest absolute Gasteiger partial charge is 0.466 e. The number of methoxy groups -OCH3 is 1. The summed E-state index contributed by atoms with van der Waals surface area (Å²) in [4.78, 5) is 30.1. The summed E-state index contributed by atoms with van der Waals surface area (Å²) in [5, 5.41) is 21.9. The molecule has 0 unspecified atom stereocenters. The Kier molecular flexibility index (Phi) is 9.12. The lowest BCUT2D eigenvalue weighted by Crippen LogP contribution is -1.98. The van der Waals surface area contributed by atoms with Gasteiger partial charge in [-0.3, -0.25) is 20.2 Å². The van der Waals surface area contributed by atoms with Gasteiger partial charge in [0.2, 0.25) is 0 Å². The average molecular weight is 525 g/mol. The van der Waals surface area contributed by atoms with E-state index in [4.69, 9.17) is 23.2 Å². The lowest BCUT2D eigenvalue weighted by Gasteiger charge is -1.96. The van der Waals surface area contributed by atoms with E-state index in [2.05, 4.69) is 4.74 Å². The second-order valence-corrected chi connectivity index (χ2v) is 6.72. The number of ether oxygens (including phenoxy) is 1. The van der Waals surface area contributed by atoms with Gasteiger partial charge < -0.3 is 4.74 Å². The summed E-state index contributed by atoms with van der Waals surface area (Å²) in [6.45, 7) is 0. The molecule has 0 amide bonds. The van der Waals surface area contributed by atoms with E-state index in [0.29, 0.717) is 10.0 Å². The van der Waals surface area contributed by atoms with Gasteiger partial charge in [0.15, 0.2) is 0 Å². The fraction of sp³-hybridized carbons (Fsp3) is 0.0625. The summed E-state index contributed by atoms with van der Waals surface area (Å²) in [5.41, 5.74) is -0.169. The molecule has 0 N–H and O–H groups in total. The van der Waals surface area contributed by atoms with E-state index in [9.17, 15) is 25.0 Å². The number of esters is 1. The van der Waals surface area contributed by atoms with Crippen molar-refractivity contribution >= 4 is 69.2 Å². The number of benzene rings is 2. The van der Waals surface area contributed by atoms with Crippen LogP contribution in [0.4, 0.5) is 11.4 Å². The Hall–Kier alpha value is -2.24. The van der Waals surface area contributed by atoms with Crippen molar-refractivity contribution in [2.24, 2.45) is 0 Å². The van der Waals surface area contributed by atoms with Gasteiger partial charge in [-0.2, -0.15) is 0 Å². The van der Waals surface area contributed by atoms with Crippen molar-refractivity contribution in [1.82, 2.24) is 0 Å². The van der Waals surface area contributed by atoms with Gasteiger partial charge in [-0.05, 0) is 58.5 Å². The van der Waals surface area contributed by atoms with Crippen LogP contribution >= 0.6 is 45.8 Å². The highest BCUT2D eigenvalue weighted by molar-refractivity contribution is 14.1. The standard InChI is InChI=1S/C10H8Cl2O2.C6H3IN2O4/c1-14-10(13)3-2-7-4-8(11)6-9(12)5-7;7-4-2-1-3-5(8(10)11)6(4)9(12)13/h2-6H,1H3;1-3H/b3-2+;. The molecule has 2 aromatic rings. The Morgan fingerprint density at radius 2 is 1.70 bits per heavy atom. The Morgan fingerprint density at radius 1 is 1.11 bits per heavy atom. The highest BCUT2D eigenvalue weighted by Gasteiger charge is 2.26. The minimum atomic E-state index is -0.764. The number of carbonyl (C=O) groups is 1. The summed E-state index contributed by atoms with van der Waals surface area (Å²) in [5.74, 6) is -0.416. The zero-order chi connectivity index (χ0) is 20.6. The first-order valence-electron chi connectivity index (χ1n) is 6.95. The van der Waals surface area contributed by atoms with Gasteiger partial charge in [0.25, 0.3) is 0 Å². The molecule has 0 spiro atoms. The molecule has 0 atom stereocenters. The van der Waals surface area contributed by atoms with Gasteiger partial charge >= 0.3 is 17.3 Å². The van der Waals surface area contributed by atoms with Crippen molar-refractivity contribution < 1.29 is 19.4 Å². The molecule has 0 saturated carbocycles. The maximum Gasteiger partial charge on any atom is 0.359 e.